The van der Waals surface area contributed by atoms with E-state index in [-0.39, 0.29) is 11.6 Å². The fraction of sp³-hybridized carbons (Fsp3) is 0.571. The Hall–Kier alpha value is -1.06. The average Bonchev–Trinajstić information content (AvgIpc) is 3.08. The van der Waals surface area contributed by atoms with Gasteiger partial charge in [-0.2, -0.15) is 0 Å². The van der Waals surface area contributed by atoms with Gasteiger partial charge in [0.05, 0.1) is 13.2 Å². The van der Waals surface area contributed by atoms with E-state index in [0.717, 1.165) is 25.0 Å². The Kier molecular flexibility index (Phi) is 3.40. The molecule has 1 aromatic carbocycles. The fourth-order valence-corrected chi connectivity index (χ4v) is 2.47. The van der Waals surface area contributed by atoms with E-state index in [4.69, 9.17) is 10.5 Å². The number of methoxy groups -OCH3 is 1. The van der Waals surface area contributed by atoms with E-state index >= 15 is 0 Å². The van der Waals surface area contributed by atoms with Crippen LogP contribution in [0, 0.1) is 0 Å². The zero-order chi connectivity index (χ0) is 12.5. The summed E-state index contributed by atoms with van der Waals surface area (Å²) >= 11 is 0. The molecular weight excluding hydrogens is 212 g/mol. The summed E-state index contributed by atoms with van der Waals surface area (Å²) in [4.78, 5) is 0. The molecule has 0 radical (unpaired) electrons. The highest BCUT2D eigenvalue weighted by atomic mass is 16.5. The third kappa shape index (κ3) is 2.31. The van der Waals surface area contributed by atoms with Crippen LogP contribution in [0.3, 0.4) is 0 Å². The predicted octanol–water partition coefficient (Wildman–Crippen LogP) is 2.01. The number of nitrogens with one attached hydrogen (secondary N) is 1. The molecule has 0 aliphatic heterocycles. The van der Waals surface area contributed by atoms with Gasteiger partial charge in [0.25, 0.3) is 0 Å². The molecule has 3 N–H and O–H groups in total. The van der Waals surface area contributed by atoms with Gasteiger partial charge >= 0.3 is 0 Å². The van der Waals surface area contributed by atoms with Crippen molar-refractivity contribution in [1.82, 2.24) is 5.32 Å². The molecule has 2 rings (SSSR count). The standard InChI is InChI=1S/C14H22N2O/c1-4-10-9-11(5-6-12(10)17-3)13(16-2)14(15)7-8-14/h5-6,9,13,16H,4,7-8,15H2,1-3H3. The Bertz CT molecular complexity index is 399. The zero-order valence-electron chi connectivity index (χ0n) is 10.9. The van der Waals surface area contributed by atoms with Gasteiger partial charge in [-0.3, -0.25) is 0 Å². The largest absolute Gasteiger partial charge is 0.496 e. The van der Waals surface area contributed by atoms with Crippen LogP contribution >= 0.6 is 0 Å². The van der Waals surface area contributed by atoms with Crippen molar-refractivity contribution in [3.8, 4) is 5.75 Å². The molecule has 3 nitrogen and oxygen atoms in total. The molecule has 0 bridgehead atoms. The summed E-state index contributed by atoms with van der Waals surface area (Å²) in [6, 6.07) is 6.63. The van der Waals surface area contributed by atoms with Crippen LogP contribution in [0.5, 0.6) is 5.75 Å². The van der Waals surface area contributed by atoms with Crippen LogP contribution < -0.4 is 15.8 Å². The van der Waals surface area contributed by atoms with E-state index in [1.807, 2.05) is 13.1 Å². The minimum atomic E-state index is -0.0473. The number of likely N-dealkylation sites (N-methyl/N-ethyl adjacent to an activating group) is 1. The Labute approximate surface area is 103 Å². The summed E-state index contributed by atoms with van der Waals surface area (Å²) in [5.41, 5.74) is 8.77. The third-order valence-electron chi connectivity index (χ3n) is 3.71. The third-order valence-corrected chi connectivity index (χ3v) is 3.71. The van der Waals surface area contributed by atoms with Gasteiger partial charge in [-0.25, -0.2) is 0 Å². The molecule has 3 heteroatoms. The summed E-state index contributed by atoms with van der Waals surface area (Å²) in [6.07, 6.45) is 3.18. The van der Waals surface area contributed by atoms with E-state index in [2.05, 4.69) is 24.4 Å². The molecule has 94 valence electrons. The van der Waals surface area contributed by atoms with E-state index in [0.29, 0.717) is 0 Å². The SMILES string of the molecule is CCc1cc(C(NC)C2(N)CC2)ccc1OC. The molecular formula is C14H22N2O. The fourth-order valence-electron chi connectivity index (χ4n) is 2.47. The van der Waals surface area contributed by atoms with E-state index in [1.165, 1.54) is 11.1 Å². The molecule has 0 aromatic heterocycles. The molecule has 0 spiro atoms. The van der Waals surface area contributed by atoms with Crippen molar-refractivity contribution in [2.24, 2.45) is 5.73 Å². The van der Waals surface area contributed by atoms with Crippen molar-refractivity contribution in [3.63, 3.8) is 0 Å². The first-order valence-electron chi connectivity index (χ1n) is 6.27. The smallest absolute Gasteiger partial charge is 0.122 e. The molecule has 1 unspecified atom stereocenters. The lowest BCUT2D eigenvalue weighted by molar-refractivity contribution is 0.408. The van der Waals surface area contributed by atoms with Gasteiger partial charge in [-0.15, -0.1) is 0 Å². The second-order valence-electron chi connectivity index (χ2n) is 4.88. The van der Waals surface area contributed by atoms with Crippen LogP contribution in [0.15, 0.2) is 18.2 Å². The molecule has 1 fully saturated rings. The van der Waals surface area contributed by atoms with Crippen LogP contribution in [0.4, 0.5) is 0 Å². The van der Waals surface area contributed by atoms with Crippen molar-refractivity contribution in [2.75, 3.05) is 14.2 Å². The second kappa shape index (κ2) is 4.67. The van der Waals surface area contributed by atoms with Gasteiger partial charge in [-0.1, -0.05) is 19.1 Å². The van der Waals surface area contributed by atoms with Gasteiger partial charge in [-0.05, 0) is 43.5 Å². The highest BCUT2D eigenvalue weighted by molar-refractivity contribution is 5.40. The Balaban J connectivity index is 2.31. The first kappa shape index (κ1) is 12.4. The number of rotatable bonds is 5. The van der Waals surface area contributed by atoms with Crippen LogP contribution in [0.25, 0.3) is 0 Å². The highest BCUT2D eigenvalue weighted by Crippen LogP contribution is 2.43. The van der Waals surface area contributed by atoms with E-state index in [1.54, 1.807) is 7.11 Å². The van der Waals surface area contributed by atoms with Crippen LogP contribution in [-0.2, 0) is 6.42 Å². The number of nitrogens with two attached hydrogens (primary N) is 1. The molecule has 1 aliphatic carbocycles. The monoisotopic (exact) mass is 234 g/mol. The number of ether oxygens (including phenoxy) is 1. The lowest BCUT2D eigenvalue weighted by atomic mass is 9.95. The number of hydrogen-bond donors (Lipinski definition) is 2. The molecule has 0 saturated heterocycles. The van der Waals surface area contributed by atoms with Crippen molar-refractivity contribution < 1.29 is 4.74 Å². The normalized spacial score (nSPS) is 18.8. The lowest BCUT2D eigenvalue weighted by Crippen LogP contribution is -2.38. The van der Waals surface area contributed by atoms with E-state index in [9.17, 15) is 0 Å². The summed E-state index contributed by atoms with van der Waals surface area (Å²) in [7, 11) is 3.70. The molecule has 0 heterocycles. The van der Waals surface area contributed by atoms with E-state index < -0.39 is 0 Å². The van der Waals surface area contributed by atoms with Crippen molar-refractivity contribution in [1.29, 1.82) is 0 Å². The maximum Gasteiger partial charge on any atom is 0.122 e. The average molecular weight is 234 g/mol. The number of benzene rings is 1. The minimum absolute atomic E-state index is 0.0473. The molecule has 1 saturated carbocycles. The molecule has 1 aliphatic rings. The summed E-state index contributed by atoms with van der Waals surface area (Å²) in [6.45, 7) is 2.14. The quantitative estimate of drug-likeness (QED) is 0.819. The van der Waals surface area contributed by atoms with Crippen molar-refractivity contribution in [3.05, 3.63) is 29.3 Å². The second-order valence-corrected chi connectivity index (χ2v) is 4.88. The van der Waals surface area contributed by atoms with Crippen LogP contribution in [0.1, 0.15) is 36.9 Å². The first-order chi connectivity index (χ1) is 8.14. The minimum Gasteiger partial charge on any atom is -0.496 e. The van der Waals surface area contributed by atoms with Crippen molar-refractivity contribution in [2.45, 2.75) is 37.8 Å². The molecule has 0 amide bonds. The van der Waals surface area contributed by atoms with Gasteiger partial charge in [0.1, 0.15) is 5.75 Å². The molecule has 1 atom stereocenters. The number of aryl methyl sites for hydroxylation is 1. The number of hydrogen-bond acceptors (Lipinski definition) is 3. The van der Waals surface area contributed by atoms with Gasteiger partial charge in [0.2, 0.25) is 0 Å². The van der Waals surface area contributed by atoms with Crippen LogP contribution in [-0.4, -0.2) is 19.7 Å². The van der Waals surface area contributed by atoms with Crippen molar-refractivity contribution >= 4 is 0 Å². The maximum absolute atomic E-state index is 6.30. The lowest BCUT2D eigenvalue weighted by Gasteiger charge is -2.24. The Morgan fingerprint density at radius 2 is 2.18 bits per heavy atom. The topological polar surface area (TPSA) is 47.3 Å². The van der Waals surface area contributed by atoms with Gasteiger partial charge < -0.3 is 15.8 Å². The Morgan fingerprint density at radius 3 is 2.65 bits per heavy atom. The van der Waals surface area contributed by atoms with Crippen LogP contribution in [0.2, 0.25) is 0 Å². The molecule has 1 aromatic rings. The highest BCUT2D eigenvalue weighted by Gasteiger charge is 2.45. The summed E-state index contributed by atoms with van der Waals surface area (Å²) in [5.74, 6) is 0.966. The summed E-state index contributed by atoms with van der Waals surface area (Å²) < 4.78 is 5.35. The van der Waals surface area contributed by atoms with Gasteiger partial charge in [0, 0.05) is 5.54 Å². The molecule has 17 heavy (non-hydrogen) atoms. The Morgan fingerprint density at radius 1 is 1.47 bits per heavy atom. The van der Waals surface area contributed by atoms with Gasteiger partial charge in [0.15, 0.2) is 0 Å². The zero-order valence-corrected chi connectivity index (χ0v) is 10.9. The maximum atomic E-state index is 6.30. The first-order valence-corrected chi connectivity index (χ1v) is 6.27. The predicted molar refractivity (Wildman–Crippen MR) is 70.3 cm³/mol. The summed E-state index contributed by atoms with van der Waals surface area (Å²) in [5, 5.41) is 3.34.